The van der Waals surface area contributed by atoms with Crippen molar-refractivity contribution >= 4 is 0 Å². The van der Waals surface area contributed by atoms with Gasteiger partial charge in [0.1, 0.15) is 0 Å². The predicted octanol–water partition coefficient (Wildman–Crippen LogP) is 3.91. The molecule has 4 bridgehead atoms. The molecular formula is C13H17F3O. The number of hydrogen-bond acceptors (Lipinski definition) is 1. The molecule has 0 spiro atoms. The van der Waals surface area contributed by atoms with Crippen LogP contribution in [0.25, 0.3) is 0 Å². The fourth-order valence-electron chi connectivity index (χ4n) is 4.15. The van der Waals surface area contributed by atoms with Gasteiger partial charge in [-0.3, -0.25) is 0 Å². The van der Waals surface area contributed by atoms with Crippen LogP contribution in [-0.2, 0) is 4.74 Å². The van der Waals surface area contributed by atoms with Crippen LogP contribution in [0.2, 0.25) is 0 Å². The standard InChI is InChI=1S/C13H17F3O/c14-13(15,16)7-17-6-12-10-2-8-1-9(4-10)5-11(12)3-8/h6,8-11H,1-5,7H2. The molecule has 0 radical (unpaired) electrons. The number of rotatable bonds is 2. The Bertz CT molecular complexity index is 302. The van der Waals surface area contributed by atoms with Crippen LogP contribution in [0.4, 0.5) is 13.2 Å². The second-order valence-corrected chi connectivity index (χ2v) is 5.85. The summed E-state index contributed by atoms with van der Waals surface area (Å²) < 4.78 is 40.8. The lowest BCUT2D eigenvalue weighted by Crippen LogP contribution is -2.40. The molecule has 0 heterocycles. The van der Waals surface area contributed by atoms with E-state index in [2.05, 4.69) is 0 Å². The zero-order chi connectivity index (χ0) is 12.0. The zero-order valence-electron chi connectivity index (χ0n) is 9.67. The zero-order valence-corrected chi connectivity index (χ0v) is 9.67. The highest BCUT2D eigenvalue weighted by molar-refractivity contribution is 5.18. The first-order valence-corrected chi connectivity index (χ1v) is 6.39. The van der Waals surface area contributed by atoms with E-state index >= 15 is 0 Å². The molecule has 96 valence electrons. The number of ether oxygens (including phenoxy) is 1. The van der Waals surface area contributed by atoms with Gasteiger partial charge in [-0.1, -0.05) is 0 Å². The van der Waals surface area contributed by atoms with Crippen molar-refractivity contribution in [2.24, 2.45) is 23.7 Å². The molecule has 0 aliphatic heterocycles. The molecule has 4 aliphatic carbocycles. The van der Waals surface area contributed by atoms with Gasteiger partial charge in [0.05, 0.1) is 6.26 Å². The van der Waals surface area contributed by atoms with Crippen LogP contribution in [-0.4, -0.2) is 12.8 Å². The number of alkyl halides is 3. The first kappa shape index (κ1) is 11.4. The maximum absolute atomic E-state index is 12.0. The lowest BCUT2D eigenvalue weighted by molar-refractivity contribution is -0.162. The molecule has 0 unspecified atom stereocenters. The van der Waals surface area contributed by atoms with Gasteiger partial charge >= 0.3 is 6.18 Å². The Morgan fingerprint density at radius 1 is 1.00 bits per heavy atom. The van der Waals surface area contributed by atoms with Gasteiger partial charge in [-0.25, -0.2) is 0 Å². The van der Waals surface area contributed by atoms with Gasteiger partial charge in [0.15, 0.2) is 6.61 Å². The van der Waals surface area contributed by atoms with Crippen LogP contribution >= 0.6 is 0 Å². The maximum Gasteiger partial charge on any atom is 0.422 e. The van der Waals surface area contributed by atoms with Gasteiger partial charge in [0.25, 0.3) is 0 Å². The molecule has 0 N–H and O–H groups in total. The number of allylic oxidation sites excluding steroid dienone is 1. The van der Waals surface area contributed by atoms with Gasteiger partial charge in [0.2, 0.25) is 0 Å². The molecule has 17 heavy (non-hydrogen) atoms. The summed E-state index contributed by atoms with van der Waals surface area (Å²) in [6.07, 6.45) is 3.26. The Morgan fingerprint density at radius 3 is 2.00 bits per heavy atom. The molecule has 0 saturated heterocycles. The van der Waals surface area contributed by atoms with Crippen LogP contribution in [0.5, 0.6) is 0 Å². The SMILES string of the molecule is FC(F)(F)COC=C1C2CC3CC(C2)CC1C3. The molecule has 4 heteroatoms. The van der Waals surface area contributed by atoms with Gasteiger partial charge < -0.3 is 4.74 Å². The van der Waals surface area contributed by atoms with E-state index < -0.39 is 12.8 Å². The minimum atomic E-state index is -4.22. The molecule has 0 atom stereocenters. The molecule has 0 aromatic carbocycles. The van der Waals surface area contributed by atoms with E-state index in [0.717, 1.165) is 11.8 Å². The minimum Gasteiger partial charge on any atom is -0.492 e. The highest BCUT2D eigenvalue weighted by Crippen LogP contribution is 2.56. The monoisotopic (exact) mass is 246 g/mol. The molecule has 0 aromatic heterocycles. The summed E-state index contributed by atoms with van der Waals surface area (Å²) in [5.74, 6) is 2.69. The summed E-state index contributed by atoms with van der Waals surface area (Å²) in [4.78, 5) is 0. The van der Waals surface area contributed by atoms with Crippen molar-refractivity contribution in [1.29, 1.82) is 0 Å². The van der Waals surface area contributed by atoms with Gasteiger partial charge in [-0.2, -0.15) is 13.2 Å². The quantitative estimate of drug-likeness (QED) is 0.671. The Morgan fingerprint density at radius 2 is 1.53 bits per heavy atom. The second kappa shape index (κ2) is 3.92. The Kier molecular flexibility index (Phi) is 2.64. The normalized spacial score (nSPS) is 39.6. The Hall–Kier alpha value is -0.670. The summed E-state index contributed by atoms with van der Waals surface area (Å²) in [6.45, 7) is -1.15. The van der Waals surface area contributed by atoms with Crippen LogP contribution < -0.4 is 0 Å². The van der Waals surface area contributed by atoms with E-state index in [0.29, 0.717) is 11.8 Å². The van der Waals surface area contributed by atoms with E-state index in [-0.39, 0.29) is 0 Å². The van der Waals surface area contributed by atoms with E-state index in [9.17, 15) is 13.2 Å². The summed E-state index contributed by atoms with van der Waals surface area (Å²) in [5, 5.41) is 0. The summed E-state index contributed by atoms with van der Waals surface area (Å²) >= 11 is 0. The van der Waals surface area contributed by atoms with Crippen molar-refractivity contribution in [2.45, 2.75) is 38.3 Å². The summed E-state index contributed by atoms with van der Waals surface area (Å²) in [6, 6.07) is 0. The molecule has 4 saturated carbocycles. The molecule has 4 fully saturated rings. The fourth-order valence-corrected chi connectivity index (χ4v) is 4.15. The predicted molar refractivity (Wildman–Crippen MR) is 57.1 cm³/mol. The van der Waals surface area contributed by atoms with Gasteiger partial charge in [0, 0.05) is 0 Å². The average Bonchev–Trinajstić information content (AvgIpc) is 2.19. The average molecular weight is 246 g/mol. The van der Waals surface area contributed by atoms with E-state index in [1.165, 1.54) is 43.9 Å². The molecule has 4 rings (SSSR count). The van der Waals surface area contributed by atoms with E-state index in [1.54, 1.807) is 0 Å². The third kappa shape index (κ3) is 2.31. The first-order chi connectivity index (χ1) is 8.01. The molecule has 4 aliphatic rings. The second-order valence-electron chi connectivity index (χ2n) is 5.85. The molecule has 0 amide bonds. The largest absolute Gasteiger partial charge is 0.492 e. The Labute approximate surface area is 99.0 Å². The van der Waals surface area contributed by atoms with E-state index in [1.807, 2.05) is 0 Å². The van der Waals surface area contributed by atoms with Crippen molar-refractivity contribution in [2.75, 3.05) is 6.61 Å². The van der Waals surface area contributed by atoms with Gasteiger partial charge in [-0.15, -0.1) is 0 Å². The van der Waals surface area contributed by atoms with Gasteiger partial charge in [-0.05, 0) is 61.3 Å². The fraction of sp³-hybridized carbons (Fsp3) is 0.846. The van der Waals surface area contributed by atoms with Crippen LogP contribution in [0.3, 0.4) is 0 Å². The smallest absolute Gasteiger partial charge is 0.422 e. The topological polar surface area (TPSA) is 9.23 Å². The summed E-state index contributed by atoms with van der Waals surface area (Å²) in [7, 11) is 0. The number of hydrogen-bond donors (Lipinski definition) is 0. The van der Waals surface area contributed by atoms with Crippen molar-refractivity contribution in [3.63, 3.8) is 0 Å². The lowest BCUT2D eigenvalue weighted by atomic mass is 9.54. The van der Waals surface area contributed by atoms with Crippen LogP contribution in [0.15, 0.2) is 11.8 Å². The van der Waals surface area contributed by atoms with Crippen LogP contribution in [0.1, 0.15) is 32.1 Å². The molecular weight excluding hydrogens is 229 g/mol. The Balaban J connectivity index is 1.65. The molecule has 1 nitrogen and oxygen atoms in total. The first-order valence-electron chi connectivity index (χ1n) is 6.39. The summed E-state index contributed by atoms with van der Waals surface area (Å²) in [5.41, 5.74) is 1.17. The highest BCUT2D eigenvalue weighted by atomic mass is 19.4. The van der Waals surface area contributed by atoms with Crippen molar-refractivity contribution in [1.82, 2.24) is 0 Å². The maximum atomic E-state index is 12.0. The highest BCUT2D eigenvalue weighted by Gasteiger charge is 2.45. The number of halogens is 3. The van der Waals surface area contributed by atoms with Crippen molar-refractivity contribution in [3.8, 4) is 0 Å². The van der Waals surface area contributed by atoms with E-state index in [4.69, 9.17) is 4.74 Å². The molecule has 0 aromatic rings. The van der Waals surface area contributed by atoms with Crippen LogP contribution in [0, 0.1) is 23.7 Å². The van der Waals surface area contributed by atoms with Crippen molar-refractivity contribution < 1.29 is 17.9 Å². The minimum absolute atomic E-state index is 0.513. The third-order valence-corrected chi connectivity index (χ3v) is 4.55. The lowest BCUT2D eigenvalue weighted by Gasteiger charge is -2.51. The van der Waals surface area contributed by atoms with Crippen molar-refractivity contribution in [3.05, 3.63) is 11.8 Å². The third-order valence-electron chi connectivity index (χ3n) is 4.55.